The normalized spacial score (nSPS) is 10.6. The van der Waals surface area contributed by atoms with Crippen molar-refractivity contribution in [1.82, 2.24) is 4.90 Å². The van der Waals surface area contributed by atoms with Crippen molar-refractivity contribution < 1.29 is 14.5 Å². The number of hydrogen-bond acceptors (Lipinski definition) is 5. The van der Waals surface area contributed by atoms with Gasteiger partial charge in [0, 0.05) is 18.2 Å². The zero-order valence-corrected chi connectivity index (χ0v) is 11.9. The smallest absolute Gasteiger partial charge is 0.320 e. The Morgan fingerprint density at radius 3 is 2.65 bits per heavy atom. The number of rotatable bonds is 8. The predicted octanol–water partition coefficient (Wildman–Crippen LogP) is 2.02. The lowest BCUT2D eigenvalue weighted by Gasteiger charge is -2.19. The van der Waals surface area contributed by atoms with Crippen molar-refractivity contribution in [2.45, 2.75) is 20.3 Å². The molecular weight excluding hydrogens is 260 g/mol. The average molecular weight is 280 g/mol. The van der Waals surface area contributed by atoms with Crippen LogP contribution in [-0.2, 0) is 16.0 Å². The number of benzene rings is 1. The molecule has 0 aliphatic carbocycles. The fraction of sp³-hybridized carbons (Fsp3) is 0.500. The Morgan fingerprint density at radius 2 is 2.05 bits per heavy atom. The first-order chi connectivity index (χ1) is 9.58. The van der Waals surface area contributed by atoms with Gasteiger partial charge in [0.05, 0.1) is 18.1 Å². The number of likely N-dealkylation sites (N-methyl/N-ethyl adjacent to an activating group) is 1. The largest absolute Gasteiger partial charge is 0.465 e. The molecule has 0 saturated heterocycles. The van der Waals surface area contributed by atoms with Crippen LogP contribution in [0.4, 0.5) is 5.69 Å². The number of nitro benzene ring substituents is 1. The number of para-hydroxylation sites is 1. The highest BCUT2D eigenvalue weighted by Gasteiger charge is 2.15. The van der Waals surface area contributed by atoms with E-state index in [4.69, 9.17) is 4.74 Å². The molecule has 0 N–H and O–H groups in total. The molecule has 1 rings (SSSR count). The first kappa shape index (κ1) is 16.1. The van der Waals surface area contributed by atoms with Gasteiger partial charge in [-0.25, -0.2) is 0 Å². The Labute approximate surface area is 118 Å². The molecule has 0 unspecified atom stereocenters. The van der Waals surface area contributed by atoms with E-state index in [9.17, 15) is 14.9 Å². The Kier molecular flexibility index (Phi) is 6.66. The maximum atomic E-state index is 11.4. The third kappa shape index (κ3) is 4.97. The number of nitrogens with zero attached hydrogens (tertiary/aromatic N) is 2. The summed E-state index contributed by atoms with van der Waals surface area (Å²) in [5.41, 5.74) is 0.805. The van der Waals surface area contributed by atoms with Gasteiger partial charge in [-0.15, -0.1) is 0 Å². The summed E-state index contributed by atoms with van der Waals surface area (Å²) in [5, 5.41) is 10.9. The summed E-state index contributed by atoms with van der Waals surface area (Å²) in [6, 6.07) is 6.68. The van der Waals surface area contributed by atoms with Crippen molar-refractivity contribution in [2.75, 3.05) is 26.2 Å². The molecule has 0 atom stereocenters. The molecule has 6 nitrogen and oxygen atoms in total. The van der Waals surface area contributed by atoms with Crippen molar-refractivity contribution in [3.8, 4) is 0 Å². The van der Waals surface area contributed by atoms with Gasteiger partial charge in [-0.05, 0) is 19.9 Å². The second kappa shape index (κ2) is 8.27. The highest BCUT2D eigenvalue weighted by molar-refractivity contribution is 5.71. The summed E-state index contributed by atoms with van der Waals surface area (Å²) < 4.78 is 4.90. The van der Waals surface area contributed by atoms with Crippen LogP contribution >= 0.6 is 0 Å². The number of esters is 1. The van der Waals surface area contributed by atoms with Crippen LogP contribution in [-0.4, -0.2) is 42.0 Å². The van der Waals surface area contributed by atoms with Crippen molar-refractivity contribution >= 4 is 11.7 Å². The van der Waals surface area contributed by atoms with Crippen LogP contribution < -0.4 is 0 Å². The number of carbonyl (C=O) groups excluding carboxylic acids is 1. The molecule has 110 valence electrons. The van der Waals surface area contributed by atoms with Gasteiger partial charge in [-0.2, -0.15) is 0 Å². The second-order valence-electron chi connectivity index (χ2n) is 4.31. The van der Waals surface area contributed by atoms with Gasteiger partial charge in [0.15, 0.2) is 0 Å². The number of nitro groups is 1. The fourth-order valence-electron chi connectivity index (χ4n) is 1.92. The SMILES string of the molecule is CCOC(=O)CN(CC)CCc1ccccc1[N+](=O)[O-]. The van der Waals surface area contributed by atoms with Gasteiger partial charge in [0.2, 0.25) is 0 Å². The fourth-order valence-corrected chi connectivity index (χ4v) is 1.92. The Morgan fingerprint density at radius 1 is 1.35 bits per heavy atom. The molecule has 0 fully saturated rings. The minimum atomic E-state index is -0.378. The summed E-state index contributed by atoms with van der Waals surface area (Å²) in [7, 11) is 0. The molecule has 0 saturated carbocycles. The molecule has 20 heavy (non-hydrogen) atoms. The zero-order valence-electron chi connectivity index (χ0n) is 11.9. The topological polar surface area (TPSA) is 72.7 Å². The molecule has 0 aliphatic rings. The number of ether oxygens (including phenoxy) is 1. The molecule has 0 aromatic heterocycles. The van der Waals surface area contributed by atoms with Gasteiger partial charge in [-0.3, -0.25) is 19.8 Å². The van der Waals surface area contributed by atoms with E-state index in [1.165, 1.54) is 6.07 Å². The second-order valence-corrected chi connectivity index (χ2v) is 4.31. The van der Waals surface area contributed by atoms with Crippen molar-refractivity contribution in [3.05, 3.63) is 39.9 Å². The van der Waals surface area contributed by atoms with Crippen molar-refractivity contribution in [3.63, 3.8) is 0 Å². The minimum Gasteiger partial charge on any atom is -0.465 e. The third-order valence-corrected chi connectivity index (χ3v) is 2.99. The van der Waals surface area contributed by atoms with Crippen LogP contribution in [0, 0.1) is 10.1 Å². The molecule has 0 amide bonds. The van der Waals surface area contributed by atoms with E-state index in [2.05, 4.69) is 0 Å². The molecular formula is C14H20N2O4. The maximum Gasteiger partial charge on any atom is 0.320 e. The standard InChI is InChI=1S/C14H20N2O4/c1-3-15(11-14(17)20-4-2)10-9-12-7-5-6-8-13(12)16(18)19/h5-8H,3-4,9-11H2,1-2H3. The van der Waals surface area contributed by atoms with E-state index in [1.807, 2.05) is 11.8 Å². The van der Waals surface area contributed by atoms with Crippen LogP contribution in [0.5, 0.6) is 0 Å². The average Bonchev–Trinajstić information content (AvgIpc) is 2.43. The van der Waals surface area contributed by atoms with E-state index in [0.717, 1.165) is 0 Å². The quantitative estimate of drug-likeness (QED) is 0.414. The molecule has 6 heteroatoms. The lowest BCUT2D eigenvalue weighted by atomic mass is 10.1. The van der Waals surface area contributed by atoms with Gasteiger partial charge in [-0.1, -0.05) is 25.1 Å². The molecule has 0 heterocycles. The Hall–Kier alpha value is -1.95. The van der Waals surface area contributed by atoms with Gasteiger partial charge < -0.3 is 4.74 Å². The van der Waals surface area contributed by atoms with E-state index in [-0.39, 0.29) is 23.1 Å². The van der Waals surface area contributed by atoms with Gasteiger partial charge in [0.25, 0.3) is 5.69 Å². The highest BCUT2D eigenvalue weighted by atomic mass is 16.6. The van der Waals surface area contributed by atoms with Crippen LogP contribution in [0.2, 0.25) is 0 Å². The van der Waals surface area contributed by atoms with Crippen molar-refractivity contribution in [1.29, 1.82) is 0 Å². The molecule has 0 spiro atoms. The van der Waals surface area contributed by atoms with E-state index < -0.39 is 0 Å². The molecule has 1 aromatic rings. The highest BCUT2D eigenvalue weighted by Crippen LogP contribution is 2.18. The summed E-state index contributed by atoms with van der Waals surface area (Å²) in [4.78, 5) is 23.9. The minimum absolute atomic E-state index is 0.125. The van der Waals surface area contributed by atoms with Crippen LogP contribution in [0.1, 0.15) is 19.4 Å². The third-order valence-electron chi connectivity index (χ3n) is 2.99. The predicted molar refractivity (Wildman–Crippen MR) is 75.5 cm³/mol. The van der Waals surface area contributed by atoms with Crippen molar-refractivity contribution in [2.24, 2.45) is 0 Å². The number of hydrogen-bond donors (Lipinski definition) is 0. The summed E-state index contributed by atoms with van der Waals surface area (Å²) in [6.45, 7) is 5.56. The lowest BCUT2D eigenvalue weighted by molar-refractivity contribution is -0.385. The molecule has 0 aliphatic heterocycles. The first-order valence-electron chi connectivity index (χ1n) is 6.68. The Balaban J connectivity index is 2.60. The first-order valence-corrected chi connectivity index (χ1v) is 6.68. The van der Waals surface area contributed by atoms with Gasteiger partial charge in [0.1, 0.15) is 0 Å². The summed E-state index contributed by atoms with van der Waals surface area (Å²) >= 11 is 0. The maximum absolute atomic E-state index is 11.4. The Bertz CT molecular complexity index is 462. The number of carbonyl (C=O) groups is 1. The summed E-state index contributed by atoms with van der Waals surface area (Å²) in [5.74, 6) is -0.267. The summed E-state index contributed by atoms with van der Waals surface area (Å²) in [6.07, 6.45) is 0.532. The molecule has 1 aromatic carbocycles. The zero-order chi connectivity index (χ0) is 15.0. The van der Waals surface area contributed by atoms with E-state index in [0.29, 0.717) is 31.7 Å². The molecule has 0 bridgehead atoms. The van der Waals surface area contributed by atoms with Gasteiger partial charge >= 0.3 is 5.97 Å². The van der Waals surface area contributed by atoms with E-state index in [1.54, 1.807) is 25.1 Å². The van der Waals surface area contributed by atoms with Crippen LogP contribution in [0.25, 0.3) is 0 Å². The van der Waals surface area contributed by atoms with Crippen LogP contribution in [0.3, 0.4) is 0 Å². The molecule has 0 radical (unpaired) electrons. The monoisotopic (exact) mass is 280 g/mol. The lowest BCUT2D eigenvalue weighted by Crippen LogP contribution is -2.32. The van der Waals surface area contributed by atoms with E-state index >= 15 is 0 Å². The van der Waals surface area contributed by atoms with Crippen LogP contribution in [0.15, 0.2) is 24.3 Å².